The van der Waals surface area contributed by atoms with Crippen molar-refractivity contribution in [1.29, 1.82) is 0 Å². The average molecular weight is 277 g/mol. The van der Waals surface area contributed by atoms with E-state index in [1.165, 1.54) is 17.7 Å². The molecular weight excluding hydrogens is 254 g/mol. The lowest BCUT2D eigenvalue weighted by Gasteiger charge is -2.32. The first kappa shape index (κ1) is 14.7. The molecule has 0 aliphatic carbocycles. The number of amides is 1. The van der Waals surface area contributed by atoms with Crippen LogP contribution in [0.15, 0.2) is 12.1 Å². The standard InChI is InChI=1S/C14H23N5O/c1-15-10-11-6-8-19(9-7-11)13-5-4-12(16-17-13)14(20)18(2)3/h4-5,11,15H,6-10H2,1-3H3. The molecule has 6 nitrogen and oxygen atoms in total. The van der Waals surface area contributed by atoms with Gasteiger partial charge in [0.25, 0.3) is 5.91 Å². The van der Waals surface area contributed by atoms with Crippen LogP contribution in [-0.2, 0) is 0 Å². The molecule has 1 aromatic rings. The van der Waals surface area contributed by atoms with Gasteiger partial charge in [0.15, 0.2) is 11.5 Å². The SMILES string of the molecule is CNCC1CCN(c2ccc(C(=O)N(C)C)nn2)CC1. The second-order valence-corrected chi connectivity index (χ2v) is 5.46. The molecule has 110 valence electrons. The lowest BCUT2D eigenvalue weighted by Crippen LogP contribution is -2.37. The average Bonchev–Trinajstić information content (AvgIpc) is 2.48. The number of carbonyl (C=O) groups excluding carboxylic acids is 1. The van der Waals surface area contributed by atoms with Gasteiger partial charge >= 0.3 is 0 Å². The molecule has 0 spiro atoms. The molecule has 0 aromatic carbocycles. The monoisotopic (exact) mass is 277 g/mol. The first-order valence-corrected chi connectivity index (χ1v) is 7.06. The number of nitrogens with zero attached hydrogens (tertiary/aromatic N) is 4. The third-order valence-corrected chi connectivity index (χ3v) is 3.71. The van der Waals surface area contributed by atoms with Crippen molar-refractivity contribution in [2.45, 2.75) is 12.8 Å². The zero-order valence-corrected chi connectivity index (χ0v) is 12.5. The highest BCUT2D eigenvalue weighted by Crippen LogP contribution is 2.20. The van der Waals surface area contributed by atoms with Crippen LogP contribution in [0.4, 0.5) is 5.82 Å². The number of aromatic nitrogens is 2. The minimum Gasteiger partial charge on any atom is -0.355 e. The summed E-state index contributed by atoms with van der Waals surface area (Å²) < 4.78 is 0. The number of hydrogen-bond donors (Lipinski definition) is 1. The summed E-state index contributed by atoms with van der Waals surface area (Å²) in [6.07, 6.45) is 2.34. The highest BCUT2D eigenvalue weighted by molar-refractivity contribution is 5.91. The predicted molar refractivity (Wildman–Crippen MR) is 78.9 cm³/mol. The number of anilines is 1. The van der Waals surface area contributed by atoms with Crippen molar-refractivity contribution in [3.63, 3.8) is 0 Å². The lowest BCUT2D eigenvalue weighted by molar-refractivity contribution is 0.0821. The molecule has 1 fully saturated rings. The second-order valence-electron chi connectivity index (χ2n) is 5.46. The maximum atomic E-state index is 11.7. The van der Waals surface area contributed by atoms with Gasteiger partial charge in [0.05, 0.1) is 0 Å². The number of rotatable bonds is 4. The molecule has 2 heterocycles. The molecular formula is C14H23N5O. The molecule has 0 radical (unpaired) electrons. The smallest absolute Gasteiger partial charge is 0.273 e. The largest absolute Gasteiger partial charge is 0.355 e. The normalized spacial score (nSPS) is 16.2. The van der Waals surface area contributed by atoms with Crippen LogP contribution in [0.25, 0.3) is 0 Å². The first-order valence-electron chi connectivity index (χ1n) is 7.06. The van der Waals surface area contributed by atoms with E-state index in [2.05, 4.69) is 20.4 Å². The molecule has 0 saturated carbocycles. The second kappa shape index (κ2) is 6.65. The summed E-state index contributed by atoms with van der Waals surface area (Å²) in [5.74, 6) is 1.50. The van der Waals surface area contributed by atoms with Gasteiger partial charge in [-0.25, -0.2) is 0 Å². The summed E-state index contributed by atoms with van der Waals surface area (Å²) in [5, 5.41) is 11.5. The Bertz CT molecular complexity index is 437. The predicted octanol–water partition coefficient (Wildman–Crippen LogP) is 0.614. The van der Waals surface area contributed by atoms with Gasteiger partial charge in [0.2, 0.25) is 0 Å². The molecule has 1 saturated heterocycles. The van der Waals surface area contributed by atoms with Crippen LogP contribution < -0.4 is 10.2 Å². The van der Waals surface area contributed by atoms with Crippen LogP contribution in [0.3, 0.4) is 0 Å². The topological polar surface area (TPSA) is 61.4 Å². The summed E-state index contributed by atoms with van der Waals surface area (Å²) in [6, 6.07) is 3.65. The van der Waals surface area contributed by atoms with E-state index >= 15 is 0 Å². The first-order chi connectivity index (χ1) is 9.61. The Morgan fingerprint density at radius 2 is 2.05 bits per heavy atom. The van der Waals surface area contributed by atoms with Gasteiger partial charge in [-0.3, -0.25) is 4.79 Å². The zero-order valence-electron chi connectivity index (χ0n) is 12.5. The molecule has 0 bridgehead atoms. The van der Waals surface area contributed by atoms with Crippen LogP contribution in [0.2, 0.25) is 0 Å². The summed E-state index contributed by atoms with van der Waals surface area (Å²) in [5.41, 5.74) is 0.392. The Hall–Kier alpha value is -1.69. The van der Waals surface area contributed by atoms with Crippen molar-refractivity contribution < 1.29 is 4.79 Å². The van der Waals surface area contributed by atoms with E-state index in [-0.39, 0.29) is 5.91 Å². The highest BCUT2D eigenvalue weighted by atomic mass is 16.2. The van der Waals surface area contributed by atoms with E-state index in [0.29, 0.717) is 5.69 Å². The van der Waals surface area contributed by atoms with E-state index < -0.39 is 0 Å². The highest BCUT2D eigenvalue weighted by Gasteiger charge is 2.20. The minimum absolute atomic E-state index is 0.114. The molecule has 0 atom stereocenters. The van der Waals surface area contributed by atoms with Gasteiger partial charge < -0.3 is 15.1 Å². The Kier molecular flexibility index (Phi) is 4.89. The molecule has 1 amide bonds. The van der Waals surface area contributed by atoms with Crippen molar-refractivity contribution >= 4 is 11.7 Å². The molecule has 1 aliphatic rings. The van der Waals surface area contributed by atoms with Crippen molar-refractivity contribution in [2.75, 3.05) is 45.7 Å². The Balaban J connectivity index is 1.96. The number of hydrogen-bond acceptors (Lipinski definition) is 5. The lowest BCUT2D eigenvalue weighted by atomic mass is 9.97. The van der Waals surface area contributed by atoms with Crippen molar-refractivity contribution in [1.82, 2.24) is 20.4 Å². The quantitative estimate of drug-likeness (QED) is 0.874. The fraction of sp³-hybridized carbons (Fsp3) is 0.643. The van der Waals surface area contributed by atoms with Gasteiger partial charge in [-0.05, 0) is 44.5 Å². The molecule has 0 unspecified atom stereocenters. The van der Waals surface area contributed by atoms with E-state index in [1.54, 1.807) is 20.2 Å². The van der Waals surface area contributed by atoms with E-state index in [9.17, 15) is 4.79 Å². The molecule has 1 aliphatic heterocycles. The third-order valence-electron chi connectivity index (χ3n) is 3.71. The van der Waals surface area contributed by atoms with Crippen LogP contribution in [0.5, 0.6) is 0 Å². The summed E-state index contributed by atoms with van der Waals surface area (Å²) in [7, 11) is 5.42. The fourth-order valence-electron chi connectivity index (χ4n) is 2.49. The number of nitrogens with one attached hydrogen (secondary N) is 1. The van der Waals surface area contributed by atoms with E-state index in [0.717, 1.165) is 31.4 Å². The number of carbonyl (C=O) groups is 1. The van der Waals surface area contributed by atoms with Crippen LogP contribution in [0.1, 0.15) is 23.3 Å². The maximum Gasteiger partial charge on any atom is 0.273 e. The van der Waals surface area contributed by atoms with Gasteiger partial charge in [-0.15, -0.1) is 10.2 Å². The van der Waals surface area contributed by atoms with Crippen LogP contribution in [0, 0.1) is 5.92 Å². The van der Waals surface area contributed by atoms with Gasteiger partial charge in [-0.2, -0.15) is 0 Å². The zero-order chi connectivity index (χ0) is 14.5. The number of piperidine rings is 1. The van der Waals surface area contributed by atoms with Gasteiger partial charge in [-0.1, -0.05) is 0 Å². The maximum absolute atomic E-state index is 11.7. The molecule has 1 aromatic heterocycles. The Labute approximate surface area is 120 Å². The molecule has 6 heteroatoms. The minimum atomic E-state index is -0.114. The van der Waals surface area contributed by atoms with Crippen molar-refractivity contribution in [2.24, 2.45) is 5.92 Å². The van der Waals surface area contributed by atoms with Crippen molar-refractivity contribution in [3.8, 4) is 0 Å². The summed E-state index contributed by atoms with van der Waals surface area (Å²) >= 11 is 0. The van der Waals surface area contributed by atoms with Crippen LogP contribution in [-0.4, -0.2) is 61.8 Å². The molecule has 2 rings (SSSR count). The third kappa shape index (κ3) is 3.45. The van der Waals surface area contributed by atoms with Gasteiger partial charge in [0, 0.05) is 27.2 Å². The summed E-state index contributed by atoms with van der Waals surface area (Å²) in [4.78, 5) is 15.5. The van der Waals surface area contributed by atoms with Crippen molar-refractivity contribution in [3.05, 3.63) is 17.8 Å². The van der Waals surface area contributed by atoms with E-state index in [4.69, 9.17) is 0 Å². The van der Waals surface area contributed by atoms with Crippen LogP contribution >= 0.6 is 0 Å². The summed E-state index contributed by atoms with van der Waals surface area (Å²) in [6.45, 7) is 3.08. The Morgan fingerprint density at radius 3 is 2.55 bits per heavy atom. The van der Waals surface area contributed by atoms with E-state index in [1.807, 2.05) is 13.1 Å². The molecule has 1 N–H and O–H groups in total. The Morgan fingerprint density at radius 1 is 1.35 bits per heavy atom. The fourth-order valence-corrected chi connectivity index (χ4v) is 2.49. The molecule has 20 heavy (non-hydrogen) atoms. The van der Waals surface area contributed by atoms with Gasteiger partial charge in [0.1, 0.15) is 0 Å².